The van der Waals surface area contributed by atoms with E-state index in [9.17, 15) is 4.79 Å². The number of carbonyl (C=O) groups excluding carboxylic acids is 1. The van der Waals surface area contributed by atoms with Crippen molar-refractivity contribution >= 4 is 18.3 Å². The zero-order valence-corrected chi connectivity index (χ0v) is 13.3. The summed E-state index contributed by atoms with van der Waals surface area (Å²) >= 11 is 0. The van der Waals surface area contributed by atoms with Gasteiger partial charge < -0.3 is 10.6 Å². The Kier molecular flexibility index (Phi) is 6.50. The summed E-state index contributed by atoms with van der Waals surface area (Å²) in [6.45, 7) is 8.19. The van der Waals surface area contributed by atoms with Crippen LogP contribution in [0.15, 0.2) is 24.3 Å². The summed E-state index contributed by atoms with van der Waals surface area (Å²) in [5.41, 5.74) is 2.51. The lowest BCUT2D eigenvalue weighted by molar-refractivity contribution is -0.125. The lowest BCUT2D eigenvalue weighted by Gasteiger charge is -2.17. The Morgan fingerprint density at radius 2 is 1.80 bits per heavy atom. The van der Waals surface area contributed by atoms with E-state index < -0.39 is 0 Å². The lowest BCUT2D eigenvalue weighted by atomic mass is 9.99. The second-order valence-corrected chi connectivity index (χ2v) is 5.74. The molecule has 0 aromatic heterocycles. The van der Waals surface area contributed by atoms with Crippen LogP contribution < -0.4 is 10.6 Å². The van der Waals surface area contributed by atoms with Crippen LogP contribution in [0.25, 0.3) is 0 Å². The second-order valence-electron chi connectivity index (χ2n) is 5.74. The highest BCUT2D eigenvalue weighted by atomic mass is 35.5. The summed E-state index contributed by atoms with van der Waals surface area (Å²) in [7, 11) is 0. The van der Waals surface area contributed by atoms with E-state index in [1.807, 2.05) is 6.92 Å². The van der Waals surface area contributed by atoms with Crippen LogP contribution in [-0.2, 0) is 4.79 Å². The summed E-state index contributed by atoms with van der Waals surface area (Å²) in [5, 5.41) is 6.33. The Morgan fingerprint density at radius 3 is 2.30 bits per heavy atom. The maximum Gasteiger partial charge on any atom is 0.224 e. The van der Waals surface area contributed by atoms with Crippen molar-refractivity contribution in [2.75, 3.05) is 13.1 Å². The molecule has 3 nitrogen and oxygen atoms in total. The highest BCUT2D eigenvalue weighted by Crippen LogP contribution is 2.19. The molecule has 0 aliphatic carbocycles. The zero-order valence-electron chi connectivity index (χ0n) is 12.5. The summed E-state index contributed by atoms with van der Waals surface area (Å²) in [6, 6.07) is 8.62. The number of halogens is 1. The summed E-state index contributed by atoms with van der Waals surface area (Å²) in [5.74, 6) is 0.853. The average Bonchev–Trinajstić information content (AvgIpc) is 2.92. The van der Waals surface area contributed by atoms with E-state index >= 15 is 0 Å². The first-order valence-corrected chi connectivity index (χ1v) is 7.19. The van der Waals surface area contributed by atoms with Crippen molar-refractivity contribution in [1.82, 2.24) is 10.6 Å². The molecular weight excluding hydrogens is 272 g/mol. The van der Waals surface area contributed by atoms with Gasteiger partial charge in [0.1, 0.15) is 0 Å². The van der Waals surface area contributed by atoms with Crippen molar-refractivity contribution in [3.05, 3.63) is 35.4 Å². The zero-order chi connectivity index (χ0) is 13.8. The molecule has 1 aliphatic rings. The molecule has 1 aliphatic heterocycles. The maximum atomic E-state index is 12.1. The van der Waals surface area contributed by atoms with Crippen molar-refractivity contribution in [2.24, 2.45) is 5.92 Å². The van der Waals surface area contributed by atoms with Crippen molar-refractivity contribution in [2.45, 2.75) is 39.2 Å². The maximum absolute atomic E-state index is 12.1. The highest BCUT2D eigenvalue weighted by molar-refractivity contribution is 5.85. The molecule has 2 unspecified atom stereocenters. The minimum Gasteiger partial charge on any atom is -0.349 e. The van der Waals surface area contributed by atoms with E-state index in [1.54, 1.807) is 0 Å². The molecule has 1 aromatic carbocycles. The van der Waals surface area contributed by atoms with Gasteiger partial charge in [0.25, 0.3) is 0 Å². The molecule has 1 aromatic rings. The normalized spacial score (nSPS) is 19.5. The largest absolute Gasteiger partial charge is 0.349 e. The van der Waals surface area contributed by atoms with Gasteiger partial charge in [-0.15, -0.1) is 12.4 Å². The van der Waals surface area contributed by atoms with E-state index in [0.717, 1.165) is 19.5 Å². The standard InChI is InChI=1S/C16H24N2O.ClH/c1-11(2)13-4-6-14(7-5-13)12(3)18-16(19)15-8-9-17-10-15;/h4-7,11-12,15,17H,8-10H2,1-3H3,(H,18,19);1H. The van der Waals surface area contributed by atoms with Gasteiger partial charge in [-0.25, -0.2) is 0 Å². The first-order valence-electron chi connectivity index (χ1n) is 7.19. The van der Waals surface area contributed by atoms with Gasteiger partial charge in [0.2, 0.25) is 5.91 Å². The third kappa shape index (κ3) is 4.22. The highest BCUT2D eigenvalue weighted by Gasteiger charge is 2.23. The van der Waals surface area contributed by atoms with Gasteiger partial charge >= 0.3 is 0 Å². The van der Waals surface area contributed by atoms with E-state index in [4.69, 9.17) is 0 Å². The molecule has 20 heavy (non-hydrogen) atoms. The second kappa shape index (κ2) is 7.65. The monoisotopic (exact) mass is 296 g/mol. The predicted molar refractivity (Wildman–Crippen MR) is 85.3 cm³/mol. The van der Waals surface area contributed by atoms with Crippen LogP contribution in [0.1, 0.15) is 50.3 Å². The first-order chi connectivity index (χ1) is 9.08. The predicted octanol–water partition coefficient (Wildman–Crippen LogP) is 3.02. The number of hydrogen-bond donors (Lipinski definition) is 2. The molecule has 2 rings (SSSR count). The molecule has 0 saturated carbocycles. The van der Waals surface area contributed by atoms with Crippen LogP contribution in [0.3, 0.4) is 0 Å². The van der Waals surface area contributed by atoms with E-state index in [1.165, 1.54) is 11.1 Å². The Morgan fingerprint density at radius 1 is 1.20 bits per heavy atom. The fourth-order valence-electron chi connectivity index (χ4n) is 2.46. The van der Waals surface area contributed by atoms with Crippen molar-refractivity contribution in [3.63, 3.8) is 0 Å². The van der Waals surface area contributed by atoms with Crippen molar-refractivity contribution in [3.8, 4) is 0 Å². The first kappa shape index (κ1) is 17.0. The molecule has 1 fully saturated rings. The number of rotatable bonds is 4. The topological polar surface area (TPSA) is 41.1 Å². The Hall–Kier alpha value is -1.06. The fourth-order valence-corrected chi connectivity index (χ4v) is 2.46. The number of carbonyl (C=O) groups is 1. The van der Waals surface area contributed by atoms with E-state index in [0.29, 0.717) is 5.92 Å². The van der Waals surface area contributed by atoms with Gasteiger partial charge in [-0.05, 0) is 36.9 Å². The molecule has 1 saturated heterocycles. The third-order valence-electron chi connectivity index (χ3n) is 3.89. The molecule has 2 N–H and O–H groups in total. The van der Waals surface area contributed by atoms with Crippen LogP contribution in [-0.4, -0.2) is 19.0 Å². The Bertz CT molecular complexity index is 425. The minimum atomic E-state index is 0. The van der Waals surface area contributed by atoms with Crippen LogP contribution in [0.4, 0.5) is 0 Å². The molecule has 1 heterocycles. The van der Waals surface area contributed by atoms with Gasteiger partial charge in [-0.3, -0.25) is 4.79 Å². The molecular formula is C16H25ClN2O. The Balaban J connectivity index is 0.00000200. The fraction of sp³-hybridized carbons (Fsp3) is 0.562. The average molecular weight is 297 g/mol. The number of benzene rings is 1. The van der Waals surface area contributed by atoms with Gasteiger partial charge in [0.05, 0.1) is 12.0 Å². The molecule has 2 atom stereocenters. The summed E-state index contributed by atoms with van der Waals surface area (Å²) < 4.78 is 0. The minimum absolute atomic E-state index is 0. The summed E-state index contributed by atoms with van der Waals surface area (Å²) in [4.78, 5) is 12.1. The Labute approximate surface area is 127 Å². The van der Waals surface area contributed by atoms with Crippen LogP contribution in [0.5, 0.6) is 0 Å². The molecule has 0 spiro atoms. The lowest BCUT2D eigenvalue weighted by Crippen LogP contribution is -2.33. The van der Waals surface area contributed by atoms with Crippen molar-refractivity contribution < 1.29 is 4.79 Å². The van der Waals surface area contributed by atoms with E-state index in [2.05, 4.69) is 48.7 Å². The van der Waals surface area contributed by atoms with E-state index in [-0.39, 0.29) is 30.3 Å². The number of nitrogens with one attached hydrogen (secondary N) is 2. The van der Waals surface area contributed by atoms with Crippen LogP contribution in [0.2, 0.25) is 0 Å². The van der Waals surface area contributed by atoms with Crippen molar-refractivity contribution in [1.29, 1.82) is 0 Å². The SMILES string of the molecule is CC(C)c1ccc(C(C)NC(=O)C2CCNC2)cc1.Cl. The molecule has 0 radical (unpaired) electrons. The number of hydrogen-bond acceptors (Lipinski definition) is 2. The molecule has 1 amide bonds. The summed E-state index contributed by atoms with van der Waals surface area (Å²) in [6.07, 6.45) is 0.949. The van der Waals surface area contributed by atoms with Gasteiger partial charge in [0, 0.05) is 6.54 Å². The number of amides is 1. The van der Waals surface area contributed by atoms with Crippen LogP contribution in [0, 0.1) is 5.92 Å². The third-order valence-corrected chi connectivity index (χ3v) is 3.89. The molecule has 112 valence electrons. The van der Waals surface area contributed by atoms with Gasteiger partial charge in [-0.2, -0.15) is 0 Å². The molecule has 0 bridgehead atoms. The van der Waals surface area contributed by atoms with Crippen LogP contribution >= 0.6 is 12.4 Å². The quantitative estimate of drug-likeness (QED) is 0.897. The van der Waals surface area contributed by atoms with Gasteiger partial charge in [-0.1, -0.05) is 38.1 Å². The van der Waals surface area contributed by atoms with Gasteiger partial charge in [0.15, 0.2) is 0 Å². The smallest absolute Gasteiger partial charge is 0.224 e. The molecule has 4 heteroatoms.